The molecule has 4 aromatic rings. The molecule has 7 heteroatoms. The fourth-order valence-electron chi connectivity index (χ4n) is 2.86. The highest BCUT2D eigenvalue weighted by Crippen LogP contribution is 2.23. The molecule has 0 aliphatic rings. The van der Waals surface area contributed by atoms with Gasteiger partial charge in [-0.15, -0.1) is 0 Å². The number of carbonyl (C=O) groups excluding carboxylic acids is 1. The third-order valence-corrected chi connectivity index (χ3v) is 4.55. The van der Waals surface area contributed by atoms with Crippen LogP contribution in [0.4, 0.5) is 0 Å². The Morgan fingerprint density at radius 2 is 1.86 bits per heavy atom. The van der Waals surface area contributed by atoms with Gasteiger partial charge in [0.05, 0.1) is 23.8 Å². The zero-order chi connectivity index (χ0) is 19.5. The first-order chi connectivity index (χ1) is 13.6. The van der Waals surface area contributed by atoms with Crippen LogP contribution in [0.5, 0.6) is 0 Å². The van der Waals surface area contributed by atoms with Gasteiger partial charge in [-0.1, -0.05) is 23.7 Å². The molecule has 2 aromatic carbocycles. The minimum Gasteiger partial charge on any atom is -0.459 e. The molecule has 0 atom stereocenters. The van der Waals surface area contributed by atoms with Crippen molar-refractivity contribution >= 4 is 28.4 Å². The lowest BCUT2D eigenvalue weighted by Gasteiger charge is -2.07. The molecule has 0 bridgehead atoms. The number of aromatic nitrogens is 2. The summed E-state index contributed by atoms with van der Waals surface area (Å²) in [6, 6.07) is 18.0. The largest absolute Gasteiger partial charge is 0.459 e. The highest BCUT2D eigenvalue weighted by Gasteiger charge is 2.10. The summed E-state index contributed by atoms with van der Waals surface area (Å²) in [7, 11) is 0. The Balaban J connectivity index is 1.41. The number of para-hydroxylation sites is 1. The van der Waals surface area contributed by atoms with E-state index in [9.17, 15) is 9.59 Å². The highest BCUT2D eigenvalue weighted by atomic mass is 35.5. The van der Waals surface area contributed by atoms with E-state index in [2.05, 4.69) is 10.3 Å². The number of rotatable bonds is 5. The van der Waals surface area contributed by atoms with E-state index in [4.69, 9.17) is 16.0 Å². The molecule has 6 nitrogen and oxygen atoms in total. The van der Waals surface area contributed by atoms with E-state index in [-0.39, 0.29) is 24.6 Å². The average Bonchev–Trinajstić information content (AvgIpc) is 3.18. The molecule has 0 aliphatic carbocycles. The van der Waals surface area contributed by atoms with Gasteiger partial charge in [-0.25, -0.2) is 4.98 Å². The van der Waals surface area contributed by atoms with E-state index in [0.717, 1.165) is 5.56 Å². The monoisotopic (exact) mass is 393 g/mol. The molecule has 0 saturated heterocycles. The van der Waals surface area contributed by atoms with E-state index in [1.54, 1.807) is 36.4 Å². The van der Waals surface area contributed by atoms with Crippen LogP contribution in [-0.4, -0.2) is 15.5 Å². The molecular weight excluding hydrogens is 378 g/mol. The second-order valence-electron chi connectivity index (χ2n) is 6.24. The molecule has 1 N–H and O–H groups in total. The first kappa shape index (κ1) is 18.0. The first-order valence-corrected chi connectivity index (χ1v) is 9.03. The first-order valence-electron chi connectivity index (χ1n) is 8.66. The zero-order valence-electron chi connectivity index (χ0n) is 14.8. The summed E-state index contributed by atoms with van der Waals surface area (Å²) in [6.45, 7) is 0.115. The Kier molecular flexibility index (Phi) is 4.95. The van der Waals surface area contributed by atoms with Crippen LogP contribution in [0.1, 0.15) is 5.76 Å². The second-order valence-corrected chi connectivity index (χ2v) is 6.68. The minimum atomic E-state index is -0.302. The van der Waals surface area contributed by atoms with Crippen LogP contribution in [0.15, 0.2) is 76.2 Å². The Labute approximate surface area is 165 Å². The van der Waals surface area contributed by atoms with Crippen LogP contribution in [-0.2, 0) is 17.9 Å². The van der Waals surface area contributed by atoms with Crippen LogP contribution in [0.25, 0.3) is 22.2 Å². The average molecular weight is 394 g/mol. The van der Waals surface area contributed by atoms with Crippen molar-refractivity contribution in [1.29, 1.82) is 0 Å². The molecule has 0 spiro atoms. The van der Waals surface area contributed by atoms with Gasteiger partial charge >= 0.3 is 0 Å². The molecule has 0 saturated carbocycles. The number of carbonyl (C=O) groups is 1. The standard InChI is InChI=1S/C21H16ClN3O3/c22-15-7-5-14(6-8-15)19-10-9-16(28-19)11-23-20(26)12-25-13-24-18-4-2-1-3-17(18)21(25)27/h1-10,13H,11-12H2,(H,23,26). The van der Waals surface area contributed by atoms with Gasteiger partial charge in [0.15, 0.2) is 0 Å². The number of nitrogens with one attached hydrogen (secondary N) is 1. The summed E-state index contributed by atoms with van der Waals surface area (Å²) >= 11 is 5.89. The van der Waals surface area contributed by atoms with Crippen LogP contribution >= 0.6 is 11.6 Å². The molecular formula is C21H16ClN3O3. The van der Waals surface area contributed by atoms with Gasteiger partial charge in [0.1, 0.15) is 18.1 Å². The lowest BCUT2D eigenvalue weighted by atomic mass is 10.2. The van der Waals surface area contributed by atoms with Crippen LogP contribution in [0.2, 0.25) is 5.02 Å². The van der Waals surface area contributed by atoms with Crippen molar-refractivity contribution in [1.82, 2.24) is 14.9 Å². The SMILES string of the molecule is O=C(Cn1cnc2ccccc2c1=O)NCc1ccc(-c2ccc(Cl)cc2)o1. The maximum Gasteiger partial charge on any atom is 0.261 e. The van der Waals surface area contributed by atoms with Crippen molar-refractivity contribution in [2.45, 2.75) is 13.1 Å². The predicted octanol–water partition coefficient (Wildman–Crippen LogP) is 3.63. The predicted molar refractivity (Wildman–Crippen MR) is 107 cm³/mol. The number of benzene rings is 2. The molecule has 1 amide bonds. The molecule has 4 rings (SSSR count). The summed E-state index contributed by atoms with van der Waals surface area (Å²) in [4.78, 5) is 28.9. The number of halogens is 1. The van der Waals surface area contributed by atoms with E-state index in [1.807, 2.05) is 24.3 Å². The number of nitrogens with zero attached hydrogens (tertiary/aromatic N) is 2. The van der Waals surface area contributed by atoms with Crippen molar-refractivity contribution in [3.05, 3.63) is 88.1 Å². The van der Waals surface area contributed by atoms with E-state index >= 15 is 0 Å². The maximum atomic E-state index is 12.4. The highest BCUT2D eigenvalue weighted by molar-refractivity contribution is 6.30. The molecule has 0 radical (unpaired) electrons. The number of furan rings is 1. The lowest BCUT2D eigenvalue weighted by molar-refractivity contribution is -0.121. The zero-order valence-corrected chi connectivity index (χ0v) is 15.5. The van der Waals surface area contributed by atoms with Crippen LogP contribution in [0, 0.1) is 0 Å². The van der Waals surface area contributed by atoms with Gasteiger partial charge in [-0.3, -0.25) is 14.2 Å². The molecule has 28 heavy (non-hydrogen) atoms. The summed E-state index contributed by atoms with van der Waals surface area (Å²) < 4.78 is 7.04. The molecule has 140 valence electrons. The Bertz CT molecular complexity index is 1200. The number of fused-ring (bicyclic) bond motifs is 1. The number of hydrogen-bond donors (Lipinski definition) is 1. The summed E-state index contributed by atoms with van der Waals surface area (Å²) in [5, 5.41) is 3.89. The Hall–Kier alpha value is -3.38. The fourth-order valence-corrected chi connectivity index (χ4v) is 2.98. The van der Waals surface area contributed by atoms with E-state index in [1.165, 1.54) is 10.9 Å². The summed E-state index contributed by atoms with van der Waals surface area (Å²) in [6.07, 6.45) is 1.38. The molecule has 0 aliphatic heterocycles. The summed E-state index contributed by atoms with van der Waals surface area (Å²) in [5.74, 6) is 1.00. The van der Waals surface area contributed by atoms with Crippen molar-refractivity contribution < 1.29 is 9.21 Å². The maximum absolute atomic E-state index is 12.4. The van der Waals surface area contributed by atoms with Gasteiger partial charge in [0.2, 0.25) is 5.91 Å². The Morgan fingerprint density at radius 3 is 2.68 bits per heavy atom. The third-order valence-electron chi connectivity index (χ3n) is 4.30. The van der Waals surface area contributed by atoms with Gasteiger partial charge < -0.3 is 9.73 Å². The normalized spacial score (nSPS) is 10.9. The summed E-state index contributed by atoms with van der Waals surface area (Å²) in [5.41, 5.74) is 1.26. The fraction of sp³-hybridized carbons (Fsp3) is 0.0952. The van der Waals surface area contributed by atoms with Crippen molar-refractivity contribution in [2.75, 3.05) is 0 Å². The molecule has 2 heterocycles. The van der Waals surface area contributed by atoms with Crippen molar-refractivity contribution in [3.63, 3.8) is 0 Å². The number of amides is 1. The quantitative estimate of drug-likeness (QED) is 0.561. The number of hydrogen-bond acceptors (Lipinski definition) is 4. The van der Waals surface area contributed by atoms with Gasteiger partial charge in [0.25, 0.3) is 5.56 Å². The van der Waals surface area contributed by atoms with Gasteiger partial charge in [-0.2, -0.15) is 0 Å². The smallest absolute Gasteiger partial charge is 0.261 e. The second kappa shape index (κ2) is 7.70. The lowest BCUT2D eigenvalue weighted by Crippen LogP contribution is -2.32. The molecule has 0 unspecified atom stereocenters. The minimum absolute atomic E-state index is 0.110. The topological polar surface area (TPSA) is 77.1 Å². The molecule has 2 aromatic heterocycles. The Morgan fingerprint density at radius 1 is 1.07 bits per heavy atom. The van der Waals surface area contributed by atoms with Crippen LogP contribution in [0.3, 0.4) is 0 Å². The van der Waals surface area contributed by atoms with E-state index < -0.39 is 0 Å². The van der Waals surface area contributed by atoms with Gasteiger partial charge in [0, 0.05) is 10.6 Å². The van der Waals surface area contributed by atoms with Crippen molar-refractivity contribution in [2.24, 2.45) is 0 Å². The van der Waals surface area contributed by atoms with Gasteiger partial charge in [-0.05, 0) is 48.5 Å². The van der Waals surface area contributed by atoms with Crippen molar-refractivity contribution in [3.8, 4) is 11.3 Å². The third kappa shape index (κ3) is 3.82. The van der Waals surface area contributed by atoms with Crippen LogP contribution < -0.4 is 10.9 Å². The van der Waals surface area contributed by atoms with E-state index in [0.29, 0.717) is 27.4 Å². The molecule has 0 fully saturated rings.